The molecule has 0 radical (unpaired) electrons. The number of rotatable bonds is 2. The zero-order valence-electron chi connectivity index (χ0n) is 5.73. The van der Waals surface area contributed by atoms with Gasteiger partial charge in [0.25, 0.3) is 0 Å². The number of hydrogen-bond donors (Lipinski definition) is 0. The standard InChI is InChI=1S/C8H7BrF2/c9-5-8(11)6-1-3-7(10)4-2-6/h1-4,8H,5H2. The van der Waals surface area contributed by atoms with Crippen LogP contribution in [0.15, 0.2) is 24.3 Å². The van der Waals surface area contributed by atoms with E-state index in [0.717, 1.165) is 0 Å². The van der Waals surface area contributed by atoms with Crippen LogP contribution in [0.25, 0.3) is 0 Å². The molecule has 1 atom stereocenters. The highest BCUT2D eigenvalue weighted by molar-refractivity contribution is 9.09. The van der Waals surface area contributed by atoms with Crippen molar-refractivity contribution in [1.82, 2.24) is 0 Å². The number of alkyl halides is 2. The van der Waals surface area contributed by atoms with Crippen LogP contribution in [0.5, 0.6) is 0 Å². The molecule has 0 N–H and O–H groups in total. The van der Waals surface area contributed by atoms with Crippen LogP contribution < -0.4 is 0 Å². The van der Waals surface area contributed by atoms with Crippen LogP contribution >= 0.6 is 15.9 Å². The number of hydrogen-bond acceptors (Lipinski definition) is 0. The summed E-state index contributed by atoms with van der Waals surface area (Å²) in [6.45, 7) is 0. The van der Waals surface area contributed by atoms with Crippen LogP contribution in [-0.4, -0.2) is 5.33 Å². The number of halogens is 3. The minimum atomic E-state index is -1.05. The molecule has 0 aliphatic heterocycles. The molecule has 1 unspecified atom stereocenters. The number of benzene rings is 1. The Morgan fingerprint density at radius 3 is 2.27 bits per heavy atom. The molecule has 0 aliphatic carbocycles. The van der Waals surface area contributed by atoms with Crippen molar-refractivity contribution in [3.63, 3.8) is 0 Å². The average Bonchev–Trinajstić information content (AvgIpc) is 2.05. The second-order valence-electron chi connectivity index (χ2n) is 2.17. The van der Waals surface area contributed by atoms with Crippen LogP contribution in [0.2, 0.25) is 0 Å². The third-order valence-electron chi connectivity index (χ3n) is 1.37. The monoisotopic (exact) mass is 220 g/mol. The van der Waals surface area contributed by atoms with Gasteiger partial charge in [-0.25, -0.2) is 8.78 Å². The van der Waals surface area contributed by atoms with E-state index >= 15 is 0 Å². The molecule has 0 heterocycles. The summed E-state index contributed by atoms with van der Waals surface area (Å²) in [6, 6.07) is 5.40. The maximum Gasteiger partial charge on any atom is 0.135 e. The van der Waals surface area contributed by atoms with E-state index in [1.54, 1.807) is 0 Å². The largest absolute Gasteiger partial charge is 0.241 e. The van der Waals surface area contributed by atoms with E-state index in [4.69, 9.17) is 0 Å². The molecule has 1 rings (SSSR count). The normalized spacial score (nSPS) is 13.0. The minimum absolute atomic E-state index is 0.249. The summed E-state index contributed by atoms with van der Waals surface area (Å²) in [5, 5.41) is 0.249. The van der Waals surface area contributed by atoms with Gasteiger partial charge in [-0.1, -0.05) is 28.1 Å². The lowest BCUT2D eigenvalue weighted by Crippen LogP contribution is -1.91. The molecule has 0 saturated heterocycles. The molecule has 0 amide bonds. The van der Waals surface area contributed by atoms with Gasteiger partial charge in [0, 0.05) is 5.33 Å². The van der Waals surface area contributed by atoms with Crippen LogP contribution in [-0.2, 0) is 0 Å². The van der Waals surface area contributed by atoms with E-state index < -0.39 is 6.17 Å². The van der Waals surface area contributed by atoms with Gasteiger partial charge >= 0.3 is 0 Å². The lowest BCUT2D eigenvalue weighted by atomic mass is 10.1. The van der Waals surface area contributed by atoms with Gasteiger partial charge in [-0.15, -0.1) is 0 Å². The van der Waals surface area contributed by atoms with Gasteiger partial charge in [0.05, 0.1) is 0 Å². The Labute approximate surface area is 72.4 Å². The van der Waals surface area contributed by atoms with Crippen molar-refractivity contribution in [3.8, 4) is 0 Å². The van der Waals surface area contributed by atoms with E-state index in [2.05, 4.69) is 15.9 Å². The molecular formula is C8H7BrF2. The molecule has 0 saturated carbocycles. The van der Waals surface area contributed by atoms with Crippen molar-refractivity contribution < 1.29 is 8.78 Å². The summed E-state index contributed by atoms with van der Waals surface area (Å²) in [4.78, 5) is 0. The highest BCUT2D eigenvalue weighted by Gasteiger charge is 2.06. The Kier molecular flexibility index (Phi) is 3.00. The van der Waals surface area contributed by atoms with E-state index in [1.807, 2.05) is 0 Å². The molecule has 3 heteroatoms. The van der Waals surface area contributed by atoms with Crippen LogP contribution in [0, 0.1) is 5.82 Å². The van der Waals surface area contributed by atoms with Gasteiger partial charge in [0.15, 0.2) is 0 Å². The molecule has 0 aliphatic rings. The molecule has 0 bridgehead atoms. The third kappa shape index (κ3) is 2.26. The van der Waals surface area contributed by atoms with E-state index in [1.165, 1.54) is 24.3 Å². The van der Waals surface area contributed by atoms with Crippen molar-refractivity contribution in [3.05, 3.63) is 35.6 Å². The first-order valence-electron chi connectivity index (χ1n) is 3.19. The summed E-state index contributed by atoms with van der Waals surface area (Å²) >= 11 is 3.00. The minimum Gasteiger partial charge on any atom is -0.241 e. The Morgan fingerprint density at radius 1 is 1.27 bits per heavy atom. The first-order valence-corrected chi connectivity index (χ1v) is 4.31. The molecule has 1 aromatic rings. The molecule has 0 spiro atoms. The summed E-state index contributed by atoms with van der Waals surface area (Å²) in [6.07, 6.45) is -1.05. The molecular weight excluding hydrogens is 214 g/mol. The second-order valence-corrected chi connectivity index (χ2v) is 2.82. The third-order valence-corrected chi connectivity index (χ3v) is 1.94. The Hall–Kier alpha value is -0.440. The van der Waals surface area contributed by atoms with Gasteiger partial charge < -0.3 is 0 Å². The second kappa shape index (κ2) is 3.81. The van der Waals surface area contributed by atoms with Gasteiger partial charge in [0.2, 0.25) is 0 Å². The van der Waals surface area contributed by atoms with Gasteiger partial charge in [0.1, 0.15) is 12.0 Å². The first-order chi connectivity index (χ1) is 5.24. The highest BCUT2D eigenvalue weighted by atomic mass is 79.9. The van der Waals surface area contributed by atoms with Crippen LogP contribution in [0.4, 0.5) is 8.78 Å². The molecule has 0 aromatic heterocycles. The molecule has 60 valence electrons. The maximum absolute atomic E-state index is 12.8. The van der Waals surface area contributed by atoms with Crippen molar-refractivity contribution in [2.75, 3.05) is 5.33 Å². The fourth-order valence-electron chi connectivity index (χ4n) is 0.761. The predicted octanol–water partition coefficient (Wildman–Crippen LogP) is 3.23. The molecule has 0 nitrogen and oxygen atoms in total. The lowest BCUT2D eigenvalue weighted by molar-refractivity contribution is 0.382. The maximum atomic E-state index is 12.8. The molecule has 0 fully saturated rings. The summed E-state index contributed by atoms with van der Waals surface area (Å²) in [5.41, 5.74) is 0.503. The SMILES string of the molecule is Fc1ccc(C(F)CBr)cc1. The summed E-state index contributed by atoms with van der Waals surface area (Å²) in [7, 11) is 0. The summed E-state index contributed by atoms with van der Waals surface area (Å²) in [5.74, 6) is -0.337. The van der Waals surface area contributed by atoms with Crippen LogP contribution in [0.3, 0.4) is 0 Å². The van der Waals surface area contributed by atoms with E-state index in [-0.39, 0.29) is 11.1 Å². The van der Waals surface area contributed by atoms with E-state index in [9.17, 15) is 8.78 Å². The zero-order chi connectivity index (χ0) is 8.27. The van der Waals surface area contributed by atoms with Crippen molar-refractivity contribution in [2.45, 2.75) is 6.17 Å². The van der Waals surface area contributed by atoms with Crippen molar-refractivity contribution in [2.24, 2.45) is 0 Å². The smallest absolute Gasteiger partial charge is 0.135 e. The topological polar surface area (TPSA) is 0 Å². The van der Waals surface area contributed by atoms with Crippen molar-refractivity contribution in [1.29, 1.82) is 0 Å². The van der Waals surface area contributed by atoms with E-state index in [0.29, 0.717) is 5.56 Å². The highest BCUT2D eigenvalue weighted by Crippen LogP contribution is 2.19. The fraction of sp³-hybridized carbons (Fsp3) is 0.250. The first kappa shape index (κ1) is 8.65. The fourth-order valence-corrected chi connectivity index (χ4v) is 1.13. The van der Waals surface area contributed by atoms with Crippen LogP contribution in [0.1, 0.15) is 11.7 Å². The molecule has 1 aromatic carbocycles. The summed E-state index contributed by atoms with van der Waals surface area (Å²) < 4.78 is 25.1. The Morgan fingerprint density at radius 2 is 1.82 bits per heavy atom. The Bertz CT molecular complexity index is 220. The Balaban J connectivity index is 2.81. The zero-order valence-corrected chi connectivity index (χ0v) is 7.31. The average molecular weight is 221 g/mol. The molecule has 11 heavy (non-hydrogen) atoms. The quantitative estimate of drug-likeness (QED) is 0.672. The lowest BCUT2D eigenvalue weighted by Gasteiger charge is -2.02. The van der Waals surface area contributed by atoms with Gasteiger partial charge in [-0.3, -0.25) is 0 Å². The van der Waals surface area contributed by atoms with Gasteiger partial charge in [-0.2, -0.15) is 0 Å². The van der Waals surface area contributed by atoms with Gasteiger partial charge in [-0.05, 0) is 17.7 Å². The predicted molar refractivity (Wildman–Crippen MR) is 44.0 cm³/mol. The van der Waals surface area contributed by atoms with Crippen molar-refractivity contribution >= 4 is 15.9 Å².